The van der Waals surface area contributed by atoms with E-state index in [1.807, 2.05) is 0 Å². The summed E-state index contributed by atoms with van der Waals surface area (Å²) >= 11 is 0. The maximum atomic E-state index is 14.0. The molecule has 33 heavy (non-hydrogen) atoms. The van der Waals surface area contributed by atoms with Crippen LogP contribution >= 0.6 is 0 Å². The Morgan fingerprint density at radius 2 is 1.70 bits per heavy atom. The van der Waals surface area contributed by atoms with Gasteiger partial charge in [-0.2, -0.15) is 0 Å². The molecule has 2 rings (SSSR count). The number of esters is 1. The van der Waals surface area contributed by atoms with Crippen LogP contribution in [0.2, 0.25) is 0 Å². The van der Waals surface area contributed by atoms with Crippen LogP contribution in [0.15, 0.2) is 67.0 Å². The van der Waals surface area contributed by atoms with E-state index in [2.05, 4.69) is 18.8 Å². The molecule has 0 aliphatic rings. The molecule has 1 amide bonds. The van der Waals surface area contributed by atoms with Crippen molar-refractivity contribution < 1.29 is 23.6 Å². The number of carbonyl (C=O) groups excluding carboxylic acids is 2. The lowest BCUT2D eigenvalue weighted by atomic mass is 10.1. The lowest BCUT2D eigenvalue weighted by molar-refractivity contribution is -0.384. The second-order valence-corrected chi connectivity index (χ2v) is 7.70. The van der Waals surface area contributed by atoms with Gasteiger partial charge in [0.05, 0.1) is 4.92 Å². The smallest absolute Gasteiger partial charge is 0.334 e. The summed E-state index contributed by atoms with van der Waals surface area (Å²) in [4.78, 5) is 35.9. The second kappa shape index (κ2) is 13.1. The van der Waals surface area contributed by atoms with Crippen molar-refractivity contribution in [3.63, 3.8) is 0 Å². The van der Waals surface area contributed by atoms with Gasteiger partial charge in [-0.25, -0.2) is 9.18 Å². The van der Waals surface area contributed by atoms with Gasteiger partial charge in [0.2, 0.25) is 0 Å². The van der Waals surface area contributed by atoms with E-state index in [4.69, 9.17) is 4.74 Å². The molecule has 176 valence electrons. The van der Waals surface area contributed by atoms with Gasteiger partial charge in [0.15, 0.2) is 12.1 Å². The molecule has 0 heterocycles. The van der Waals surface area contributed by atoms with Crippen molar-refractivity contribution in [3.8, 4) is 0 Å². The van der Waals surface area contributed by atoms with Crippen molar-refractivity contribution >= 4 is 17.6 Å². The predicted octanol–water partition coefficient (Wildman–Crippen LogP) is 5.82. The number of halogens is 1. The van der Waals surface area contributed by atoms with Crippen LogP contribution in [-0.2, 0) is 9.53 Å². The molecule has 0 saturated heterocycles. The Morgan fingerprint density at radius 1 is 1.06 bits per heavy atom. The molecule has 0 aliphatic carbocycles. The van der Waals surface area contributed by atoms with E-state index >= 15 is 0 Å². The molecule has 0 aromatic heterocycles. The van der Waals surface area contributed by atoms with E-state index in [1.54, 1.807) is 30.3 Å². The molecule has 2 atom stereocenters. The monoisotopic (exact) mass is 456 g/mol. The summed E-state index contributed by atoms with van der Waals surface area (Å²) in [5.41, 5.74) is 0.439. The fourth-order valence-corrected chi connectivity index (χ4v) is 3.29. The molecule has 8 heteroatoms. The number of benzene rings is 2. The molecule has 0 aliphatic heterocycles. The van der Waals surface area contributed by atoms with E-state index in [0.29, 0.717) is 18.4 Å². The standard InChI is InChI=1S/C25H29FN2O5/c1-3-4-5-6-10-13-22(18(2)26)33-25(30)23(19-11-8-7-9-12-19)27-24(29)20-14-16-21(17-15-20)28(31)32/h7-9,11-12,14-17,22-23H,2-6,10,13H2,1H3,(H,27,29). The topological polar surface area (TPSA) is 98.5 Å². The minimum Gasteiger partial charge on any atom is -0.453 e. The predicted molar refractivity (Wildman–Crippen MR) is 123 cm³/mol. The van der Waals surface area contributed by atoms with Crippen LogP contribution in [0.4, 0.5) is 10.1 Å². The zero-order chi connectivity index (χ0) is 24.2. The Labute approximate surface area is 192 Å². The Morgan fingerprint density at radius 3 is 2.27 bits per heavy atom. The first-order valence-corrected chi connectivity index (χ1v) is 11.0. The first kappa shape index (κ1) is 25.7. The van der Waals surface area contributed by atoms with E-state index in [0.717, 1.165) is 25.7 Å². The number of nitrogens with one attached hydrogen (secondary N) is 1. The molecule has 0 bridgehead atoms. The summed E-state index contributed by atoms with van der Waals surface area (Å²) < 4.78 is 19.4. The summed E-state index contributed by atoms with van der Waals surface area (Å²) in [5.74, 6) is -2.17. The molecule has 0 fully saturated rings. The molecular formula is C25H29FN2O5. The minimum atomic E-state index is -1.18. The number of nitrogens with zero attached hydrogens (tertiary/aromatic N) is 1. The number of non-ortho nitro benzene ring substituents is 1. The van der Waals surface area contributed by atoms with E-state index in [1.165, 1.54) is 24.3 Å². The molecular weight excluding hydrogens is 427 g/mol. The highest BCUT2D eigenvalue weighted by Gasteiger charge is 2.28. The lowest BCUT2D eigenvalue weighted by Crippen LogP contribution is -2.36. The van der Waals surface area contributed by atoms with Crippen LogP contribution in [0.1, 0.15) is 67.4 Å². The van der Waals surface area contributed by atoms with Crippen molar-refractivity contribution in [1.29, 1.82) is 0 Å². The summed E-state index contributed by atoms with van der Waals surface area (Å²) in [6.45, 7) is 5.40. The molecule has 2 unspecified atom stereocenters. The van der Waals surface area contributed by atoms with Gasteiger partial charge in [-0.15, -0.1) is 0 Å². The van der Waals surface area contributed by atoms with Crippen molar-refractivity contribution in [2.45, 2.75) is 57.6 Å². The first-order chi connectivity index (χ1) is 15.8. The second-order valence-electron chi connectivity index (χ2n) is 7.70. The Balaban J connectivity index is 2.13. The minimum absolute atomic E-state index is 0.136. The molecule has 2 aromatic carbocycles. The van der Waals surface area contributed by atoms with Gasteiger partial charge in [0.1, 0.15) is 5.83 Å². The highest BCUT2D eigenvalue weighted by atomic mass is 19.1. The number of nitro benzene ring substituents is 1. The lowest BCUT2D eigenvalue weighted by Gasteiger charge is -2.22. The van der Waals surface area contributed by atoms with Gasteiger partial charge in [-0.05, 0) is 30.5 Å². The number of carbonyl (C=O) groups is 2. The number of ether oxygens (including phenoxy) is 1. The highest BCUT2D eigenvalue weighted by Crippen LogP contribution is 2.22. The third kappa shape index (κ3) is 8.14. The number of hydrogen-bond acceptors (Lipinski definition) is 5. The van der Waals surface area contributed by atoms with Gasteiger partial charge in [-0.3, -0.25) is 14.9 Å². The highest BCUT2D eigenvalue weighted by molar-refractivity contribution is 5.97. The number of hydrogen-bond donors (Lipinski definition) is 1. The maximum Gasteiger partial charge on any atom is 0.334 e. The zero-order valence-corrected chi connectivity index (χ0v) is 18.7. The molecule has 7 nitrogen and oxygen atoms in total. The van der Waals surface area contributed by atoms with Crippen molar-refractivity contribution in [2.24, 2.45) is 0 Å². The summed E-state index contributed by atoms with van der Waals surface area (Å²) in [5, 5.41) is 13.4. The van der Waals surface area contributed by atoms with Crippen molar-refractivity contribution in [1.82, 2.24) is 5.32 Å². The molecule has 2 aromatic rings. The fraction of sp³-hybridized carbons (Fsp3) is 0.360. The van der Waals surface area contributed by atoms with Crippen LogP contribution in [-0.4, -0.2) is 22.9 Å². The third-order valence-electron chi connectivity index (χ3n) is 5.16. The van der Waals surface area contributed by atoms with Crippen LogP contribution in [0.25, 0.3) is 0 Å². The van der Waals surface area contributed by atoms with Crippen LogP contribution < -0.4 is 5.32 Å². The van der Waals surface area contributed by atoms with Crippen molar-refractivity contribution in [3.05, 3.63) is 88.2 Å². The SMILES string of the molecule is C=C(F)C(CCCCCCC)OC(=O)C(NC(=O)c1ccc([N+](=O)[O-])cc1)c1ccccc1. The summed E-state index contributed by atoms with van der Waals surface area (Å²) in [6, 6.07) is 12.3. The quantitative estimate of drug-likeness (QED) is 0.177. The summed E-state index contributed by atoms with van der Waals surface area (Å²) in [7, 11) is 0. The van der Waals surface area contributed by atoms with Gasteiger partial charge in [0, 0.05) is 17.7 Å². The average Bonchev–Trinajstić information content (AvgIpc) is 2.81. The van der Waals surface area contributed by atoms with Gasteiger partial charge < -0.3 is 10.1 Å². The Kier molecular flexibility index (Phi) is 10.2. The first-order valence-electron chi connectivity index (χ1n) is 11.0. The van der Waals surface area contributed by atoms with E-state index in [-0.39, 0.29) is 11.3 Å². The van der Waals surface area contributed by atoms with Crippen LogP contribution in [0, 0.1) is 10.1 Å². The number of rotatable bonds is 13. The molecule has 0 saturated carbocycles. The van der Waals surface area contributed by atoms with Gasteiger partial charge in [0.25, 0.3) is 11.6 Å². The molecule has 0 radical (unpaired) electrons. The van der Waals surface area contributed by atoms with Crippen LogP contribution in [0.5, 0.6) is 0 Å². The zero-order valence-electron chi connectivity index (χ0n) is 18.7. The summed E-state index contributed by atoms with van der Waals surface area (Å²) in [6.07, 6.45) is 3.99. The van der Waals surface area contributed by atoms with Gasteiger partial charge in [-0.1, -0.05) is 69.5 Å². The largest absolute Gasteiger partial charge is 0.453 e. The number of nitro groups is 1. The number of amides is 1. The fourth-order valence-electron chi connectivity index (χ4n) is 3.29. The Hall–Kier alpha value is -3.55. The maximum absolute atomic E-state index is 14.0. The van der Waals surface area contributed by atoms with E-state index in [9.17, 15) is 24.1 Å². The van der Waals surface area contributed by atoms with Crippen molar-refractivity contribution in [2.75, 3.05) is 0 Å². The van der Waals surface area contributed by atoms with E-state index < -0.39 is 34.8 Å². The van der Waals surface area contributed by atoms with Crippen LogP contribution in [0.3, 0.4) is 0 Å². The third-order valence-corrected chi connectivity index (χ3v) is 5.16. The van der Waals surface area contributed by atoms with Gasteiger partial charge >= 0.3 is 5.97 Å². The molecule has 0 spiro atoms. The Bertz CT molecular complexity index is 947. The number of unbranched alkanes of at least 4 members (excludes halogenated alkanes) is 4. The normalized spacial score (nSPS) is 12.4. The molecule has 1 N–H and O–H groups in total. The average molecular weight is 457 g/mol.